The molecule has 6 nitrogen and oxygen atoms in total. The minimum Gasteiger partial charge on any atom is -0.397 e. The van der Waals surface area contributed by atoms with Crippen molar-refractivity contribution >= 4 is 38.9 Å². The van der Waals surface area contributed by atoms with Crippen LogP contribution in [0.4, 0.5) is 17.1 Å². The lowest BCUT2D eigenvalue weighted by molar-refractivity contribution is 0.360. The van der Waals surface area contributed by atoms with Crippen molar-refractivity contribution in [3.8, 4) is 0 Å². The van der Waals surface area contributed by atoms with Crippen molar-refractivity contribution in [3.05, 3.63) is 48.5 Å². The molecule has 26 heavy (non-hydrogen) atoms. The van der Waals surface area contributed by atoms with Crippen molar-refractivity contribution in [2.75, 3.05) is 47.7 Å². The van der Waals surface area contributed by atoms with Gasteiger partial charge in [0, 0.05) is 37.1 Å². The van der Waals surface area contributed by atoms with Crippen LogP contribution in [0.3, 0.4) is 0 Å². The van der Waals surface area contributed by atoms with E-state index in [1.54, 1.807) is 30.3 Å². The van der Waals surface area contributed by atoms with E-state index in [0.29, 0.717) is 5.69 Å². The zero-order valence-electron chi connectivity index (χ0n) is 14.7. The van der Waals surface area contributed by atoms with Gasteiger partial charge in [0.15, 0.2) is 0 Å². The molecule has 0 atom stereocenters. The van der Waals surface area contributed by atoms with Gasteiger partial charge in [-0.15, -0.1) is 0 Å². The van der Waals surface area contributed by atoms with Gasteiger partial charge in [0.05, 0.1) is 16.3 Å². The number of benzene rings is 2. The van der Waals surface area contributed by atoms with Crippen molar-refractivity contribution in [3.63, 3.8) is 0 Å². The van der Waals surface area contributed by atoms with Crippen molar-refractivity contribution < 1.29 is 8.42 Å². The van der Waals surface area contributed by atoms with Crippen molar-refractivity contribution in [2.24, 2.45) is 0 Å². The Morgan fingerprint density at radius 1 is 1.04 bits per heavy atom. The number of halogens is 1. The van der Waals surface area contributed by atoms with E-state index in [4.69, 9.17) is 17.5 Å². The first-order valence-corrected chi connectivity index (χ1v) is 10.3. The highest BCUT2D eigenvalue weighted by Gasteiger charge is 2.26. The summed E-state index contributed by atoms with van der Waals surface area (Å²) in [6, 6.07) is 13.4. The molecule has 0 aromatic heterocycles. The minimum atomic E-state index is -3.89. The second kappa shape index (κ2) is 7.73. The number of nitrogen functional groups attached to an aromatic ring is 1. The lowest BCUT2D eigenvalue weighted by Gasteiger charge is -2.25. The SMILES string of the molecule is CN1CCCN(c2ccc(N)c(N(Cl)S(=O)(=O)c3ccccc3)c2)CC1. The molecule has 0 bridgehead atoms. The van der Waals surface area contributed by atoms with Gasteiger partial charge in [0.2, 0.25) is 0 Å². The quantitative estimate of drug-likeness (QED) is 0.637. The molecular weight excluding hydrogens is 372 g/mol. The first-order chi connectivity index (χ1) is 12.4. The fourth-order valence-corrected chi connectivity index (χ4v) is 4.49. The minimum absolute atomic E-state index is 0.121. The van der Waals surface area contributed by atoms with Crippen LogP contribution in [-0.4, -0.2) is 46.5 Å². The second-order valence-corrected chi connectivity index (χ2v) is 8.75. The van der Waals surface area contributed by atoms with E-state index in [1.165, 1.54) is 12.1 Å². The second-order valence-electron chi connectivity index (χ2n) is 6.42. The number of rotatable bonds is 4. The average Bonchev–Trinajstić information content (AvgIpc) is 2.87. The fraction of sp³-hybridized carbons (Fsp3) is 0.333. The van der Waals surface area contributed by atoms with Crippen LogP contribution < -0.4 is 14.5 Å². The van der Waals surface area contributed by atoms with Crippen LogP contribution in [0.25, 0.3) is 0 Å². The summed E-state index contributed by atoms with van der Waals surface area (Å²) in [6.07, 6.45) is 1.04. The number of anilines is 3. The molecule has 3 rings (SSSR count). The molecule has 1 aliphatic rings. The highest BCUT2D eigenvalue weighted by atomic mass is 35.5. The molecule has 2 N–H and O–H groups in total. The summed E-state index contributed by atoms with van der Waals surface area (Å²) in [5, 5.41) is 0. The Morgan fingerprint density at radius 3 is 2.50 bits per heavy atom. The smallest absolute Gasteiger partial charge is 0.278 e. The van der Waals surface area contributed by atoms with Crippen LogP contribution in [-0.2, 0) is 10.0 Å². The van der Waals surface area contributed by atoms with Gasteiger partial charge in [-0.25, -0.2) is 0 Å². The summed E-state index contributed by atoms with van der Waals surface area (Å²) >= 11 is 6.24. The Bertz CT molecular complexity index is 861. The zero-order chi connectivity index (χ0) is 18.7. The van der Waals surface area contributed by atoms with E-state index < -0.39 is 10.0 Å². The molecule has 1 heterocycles. The third kappa shape index (κ3) is 3.90. The van der Waals surface area contributed by atoms with Crippen LogP contribution in [0.1, 0.15) is 6.42 Å². The number of hydrogen-bond donors (Lipinski definition) is 1. The lowest BCUT2D eigenvalue weighted by Crippen LogP contribution is -2.29. The normalized spacial score (nSPS) is 16.3. The first kappa shape index (κ1) is 18.8. The molecule has 2 aromatic rings. The van der Waals surface area contributed by atoms with Gasteiger partial charge < -0.3 is 15.5 Å². The van der Waals surface area contributed by atoms with E-state index in [2.05, 4.69) is 16.8 Å². The van der Waals surface area contributed by atoms with E-state index in [-0.39, 0.29) is 10.6 Å². The molecule has 1 saturated heterocycles. The summed E-state index contributed by atoms with van der Waals surface area (Å²) < 4.78 is 26.3. The van der Waals surface area contributed by atoms with Crippen molar-refractivity contribution in [1.29, 1.82) is 0 Å². The molecule has 2 aromatic carbocycles. The van der Waals surface area contributed by atoms with Gasteiger partial charge in [-0.05, 0) is 50.3 Å². The lowest BCUT2D eigenvalue weighted by atomic mass is 10.2. The predicted molar refractivity (Wildman–Crippen MR) is 107 cm³/mol. The molecule has 1 fully saturated rings. The Kier molecular flexibility index (Phi) is 5.60. The number of likely N-dealkylation sites (N-methyl/N-ethyl adjacent to an activating group) is 1. The van der Waals surface area contributed by atoms with Crippen LogP contribution in [0, 0.1) is 0 Å². The molecule has 1 aliphatic heterocycles. The molecule has 0 amide bonds. The largest absolute Gasteiger partial charge is 0.397 e. The van der Waals surface area contributed by atoms with Crippen molar-refractivity contribution in [2.45, 2.75) is 11.3 Å². The average molecular weight is 395 g/mol. The number of nitrogens with two attached hydrogens (primary N) is 1. The summed E-state index contributed by atoms with van der Waals surface area (Å²) in [5.41, 5.74) is 7.53. The van der Waals surface area contributed by atoms with Crippen LogP contribution in [0.2, 0.25) is 0 Å². The third-order valence-electron chi connectivity index (χ3n) is 4.54. The molecule has 0 saturated carbocycles. The number of sulfonamides is 1. The van der Waals surface area contributed by atoms with Gasteiger partial charge in [0.1, 0.15) is 0 Å². The maximum atomic E-state index is 12.8. The predicted octanol–water partition coefficient (Wildman–Crippen LogP) is 2.76. The van der Waals surface area contributed by atoms with Gasteiger partial charge in [0.25, 0.3) is 10.0 Å². The van der Waals surface area contributed by atoms with Crippen molar-refractivity contribution in [1.82, 2.24) is 4.90 Å². The summed E-state index contributed by atoms with van der Waals surface area (Å²) in [7, 11) is -1.78. The molecule has 0 unspecified atom stereocenters. The van der Waals surface area contributed by atoms with Gasteiger partial charge in [-0.3, -0.25) is 0 Å². The topological polar surface area (TPSA) is 69.9 Å². The fourth-order valence-electron chi connectivity index (χ4n) is 3.00. The van der Waals surface area contributed by atoms with E-state index in [0.717, 1.165) is 42.1 Å². The number of hydrogen-bond acceptors (Lipinski definition) is 5. The molecule has 0 spiro atoms. The zero-order valence-corrected chi connectivity index (χ0v) is 16.2. The Hall–Kier alpha value is -1.96. The summed E-state index contributed by atoms with van der Waals surface area (Å²) in [4.78, 5) is 4.63. The number of nitrogens with zero attached hydrogens (tertiary/aromatic N) is 3. The van der Waals surface area contributed by atoms with Crippen LogP contribution in [0.15, 0.2) is 53.4 Å². The van der Waals surface area contributed by atoms with E-state index in [9.17, 15) is 8.42 Å². The molecule has 0 radical (unpaired) electrons. The van der Waals surface area contributed by atoms with Gasteiger partial charge >= 0.3 is 0 Å². The summed E-state index contributed by atoms with van der Waals surface area (Å²) in [5.74, 6) is 0. The van der Waals surface area contributed by atoms with Gasteiger partial charge in [-0.1, -0.05) is 18.2 Å². The van der Waals surface area contributed by atoms with Crippen LogP contribution >= 0.6 is 11.8 Å². The Labute approximate surface area is 159 Å². The van der Waals surface area contributed by atoms with E-state index in [1.807, 2.05) is 6.07 Å². The highest BCUT2D eigenvalue weighted by molar-refractivity contribution is 7.94. The third-order valence-corrected chi connectivity index (χ3v) is 6.75. The Balaban J connectivity index is 1.92. The Morgan fingerprint density at radius 2 is 1.77 bits per heavy atom. The highest BCUT2D eigenvalue weighted by Crippen LogP contribution is 2.34. The van der Waals surface area contributed by atoms with Crippen LogP contribution in [0.5, 0.6) is 0 Å². The monoisotopic (exact) mass is 394 g/mol. The molecule has 8 heteroatoms. The standard InChI is InChI=1S/C18H23ClN4O2S/c1-21-10-5-11-22(13-12-21)15-8-9-17(20)18(14-15)23(19)26(24,25)16-6-3-2-4-7-16/h2-4,6-9,14H,5,10-13,20H2,1H3. The van der Waals surface area contributed by atoms with Gasteiger partial charge in [-0.2, -0.15) is 12.2 Å². The summed E-state index contributed by atoms with van der Waals surface area (Å²) in [6.45, 7) is 3.77. The van der Waals surface area contributed by atoms with E-state index >= 15 is 0 Å². The molecule has 140 valence electrons. The maximum Gasteiger partial charge on any atom is 0.278 e. The molecular formula is C18H23ClN4O2S. The maximum absolute atomic E-state index is 12.8. The molecule has 0 aliphatic carbocycles. The first-order valence-electron chi connectivity index (χ1n) is 8.49.